The minimum Gasteiger partial charge on any atom is -0.314 e. The first-order valence-electron chi connectivity index (χ1n) is 5.57. The van der Waals surface area contributed by atoms with E-state index in [4.69, 9.17) is 0 Å². The predicted octanol–water partition coefficient (Wildman–Crippen LogP) is -0.957. The normalized spacial score (nSPS) is 25.3. The summed E-state index contributed by atoms with van der Waals surface area (Å²) in [6.07, 6.45) is 0. The van der Waals surface area contributed by atoms with Crippen molar-refractivity contribution in [1.82, 2.24) is 20.4 Å². The zero-order chi connectivity index (χ0) is 10.2. The van der Waals surface area contributed by atoms with Crippen LogP contribution in [0.5, 0.6) is 0 Å². The summed E-state index contributed by atoms with van der Waals surface area (Å²) in [5.41, 5.74) is 0. The maximum Gasteiger partial charge on any atom is 0.0107 e. The average Bonchev–Trinajstić information content (AvgIpc) is 2.17. The maximum atomic E-state index is 3.43. The summed E-state index contributed by atoms with van der Waals surface area (Å²) < 4.78 is 0. The molecule has 0 atom stereocenters. The van der Waals surface area contributed by atoms with Crippen molar-refractivity contribution >= 4 is 0 Å². The fraction of sp³-hybridized carbons (Fsp3) is 1.00. The lowest BCUT2D eigenvalue weighted by atomic mass is 10.4. The van der Waals surface area contributed by atoms with E-state index in [0.717, 1.165) is 52.4 Å². The SMILES string of the molecule is CN1CCNCCNCCN(C)CC1. The highest BCUT2D eigenvalue weighted by Crippen LogP contribution is 1.86. The third kappa shape index (κ3) is 5.54. The molecule has 0 aromatic carbocycles. The third-order valence-electron chi connectivity index (χ3n) is 2.68. The topological polar surface area (TPSA) is 30.5 Å². The molecule has 0 saturated carbocycles. The van der Waals surface area contributed by atoms with Gasteiger partial charge in [-0.2, -0.15) is 0 Å². The zero-order valence-corrected chi connectivity index (χ0v) is 9.55. The first-order valence-corrected chi connectivity index (χ1v) is 5.57. The number of hydrogen-bond acceptors (Lipinski definition) is 4. The Hall–Kier alpha value is -0.160. The van der Waals surface area contributed by atoms with Gasteiger partial charge in [-0.15, -0.1) is 0 Å². The number of hydrogen-bond donors (Lipinski definition) is 2. The lowest BCUT2D eigenvalue weighted by Gasteiger charge is -2.23. The molecule has 1 aliphatic rings. The summed E-state index contributed by atoms with van der Waals surface area (Å²) in [7, 11) is 4.39. The van der Waals surface area contributed by atoms with Crippen molar-refractivity contribution in [2.24, 2.45) is 0 Å². The fourth-order valence-corrected chi connectivity index (χ4v) is 1.53. The molecule has 1 aliphatic heterocycles. The van der Waals surface area contributed by atoms with Gasteiger partial charge < -0.3 is 20.4 Å². The van der Waals surface area contributed by atoms with E-state index in [1.165, 1.54) is 0 Å². The van der Waals surface area contributed by atoms with Crippen LogP contribution < -0.4 is 10.6 Å². The number of nitrogens with one attached hydrogen (secondary N) is 2. The molecule has 1 heterocycles. The van der Waals surface area contributed by atoms with E-state index in [0.29, 0.717) is 0 Å². The highest BCUT2D eigenvalue weighted by molar-refractivity contribution is 4.62. The van der Waals surface area contributed by atoms with Gasteiger partial charge in [0.05, 0.1) is 0 Å². The Bertz CT molecular complexity index is 124. The van der Waals surface area contributed by atoms with E-state index in [1.807, 2.05) is 0 Å². The highest BCUT2D eigenvalue weighted by Gasteiger charge is 2.02. The smallest absolute Gasteiger partial charge is 0.0107 e. The molecule has 4 nitrogen and oxygen atoms in total. The van der Waals surface area contributed by atoms with Crippen LogP contribution in [-0.4, -0.2) is 76.3 Å². The Morgan fingerprint density at radius 3 is 1.50 bits per heavy atom. The predicted molar refractivity (Wildman–Crippen MR) is 60.7 cm³/mol. The minimum atomic E-state index is 1.08. The van der Waals surface area contributed by atoms with E-state index in [9.17, 15) is 0 Å². The Balaban J connectivity index is 2.22. The van der Waals surface area contributed by atoms with Gasteiger partial charge in [0.2, 0.25) is 0 Å². The maximum absolute atomic E-state index is 3.43. The van der Waals surface area contributed by atoms with Gasteiger partial charge in [-0.3, -0.25) is 0 Å². The van der Waals surface area contributed by atoms with E-state index < -0.39 is 0 Å². The second kappa shape index (κ2) is 7.17. The molecule has 14 heavy (non-hydrogen) atoms. The summed E-state index contributed by atoms with van der Waals surface area (Å²) in [5, 5.41) is 6.85. The largest absolute Gasteiger partial charge is 0.314 e. The summed E-state index contributed by atoms with van der Waals surface area (Å²) in [6, 6.07) is 0. The van der Waals surface area contributed by atoms with Gasteiger partial charge in [0, 0.05) is 52.4 Å². The molecule has 0 bridgehead atoms. The van der Waals surface area contributed by atoms with Gasteiger partial charge in [0.25, 0.3) is 0 Å². The van der Waals surface area contributed by atoms with Crippen molar-refractivity contribution < 1.29 is 0 Å². The standard InChI is InChI=1S/C10H24N4/c1-13-7-5-11-3-4-12-6-8-14(2)10-9-13/h11-12H,3-10H2,1-2H3. The average molecular weight is 200 g/mol. The van der Waals surface area contributed by atoms with E-state index in [-0.39, 0.29) is 0 Å². The van der Waals surface area contributed by atoms with Crippen LogP contribution in [0.4, 0.5) is 0 Å². The Labute approximate surface area is 87.6 Å². The zero-order valence-electron chi connectivity index (χ0n) is 9.55. The monoisotopic (exact) mass is 200 g/mol. The molecule has 84 valence electrons. The molecule has 2 N–H and O–H groups in total. The molecule has 0 aliphatic carbocycles. The summed E-state index contributed by atoms with van der Waals surface area (Å²) in [6.45, 7) is 8.98. The molecule has 0 amide bonds. The Morgan fingerprint density at radius 1 is 0.643 bits per heavy atom. The lowest BCUT2D eigenvalue weighted by Crippen LogP contribution is -2.41. The van der Waals surface area contributed by atoms with E-state index in [1.54, 1.807) is 0 Å². The van der Waals surface area contributed by atoms with Crippen LogP contribution in [0.3, 0.4) is 0 Å². The molecule has 1 fully saturated rings. The van der Waals surface area contributed by atoms with Crippen molar-refractivity contribution in [3.8, 4) is 0 Å². The summed E-state index contributed by atoms with van der Waals surface area (Å²) >= 11 is 0. The van der Waals surface area contributed by atoms with Gasteiger partial charge in [-0.25, -0.2) is 0 Å². The molecule has 0 spiro atoms. The molecule has 0 aromatic heterocycles. The molecule has 0 unspecified atom stereocenters. The number of likely N-dealkylation sites (N-methyl/N-ethyl adjacent to an activating group) is 2. The molecular weight excluding hydrogens is 176 g/mol. The Morgan fingerprint density at radius 2 is 1.07 bits per heavy atom. The van der Waals surface area contributed by atoms with Crippen LogP contribution in [0.15, 0.2) is 0 Å². The van der Waals surface area contributed by atoms with Gasteiger partial charge in [0.15, 0.2) is 0 Å². The van der Waals surface area contributed by atoms with Crippen LogP contribution in [0.25, 0.3) is 0 Å². The first-order chi connectivity index (χ1) is 6.79. The molecule has 0 radical (unpaired) electrons. The fourth-order valence-electron chi connectivity index (χ4n) is 1.53. The molecule has 0 aromatic rings. The highest BCUT2D eigenvalue weighted by atomic mass is 15.2. The van der Waals surface area contributed by atoms with Crippen LogP contribution in [0.1, 0.15) is 0 Å². The molecule has 4 heteroatoms. The van der Waals surface area contributed by atoms with Gasteiger partial charge >= 0.3 is 0 Å². The van der Waals surface area contributed by atoms with Gasteiger partial charge in [-0.1, -0.05) is 0 Å². The van der Waals surface area contributed by atoms with Crippen LogP contribution in [0.2, 0.25) is 0 Å². The van der Waals surface area contributed by atoms with Crippen molar-refractivity contribution in [3.05, 3.63) is 0 Å². The number of nitrogens with zero attached hydrogens (tertiary/aromatic N) is 2. The first kappa shape index (κ1) is 11.9. The quantitative estimate of drug-likeness (QED) is 0.527. The minimum absolute atomic E-state index is 1.08. The van der Waals surface area contributed by atoms with Crippen molar-refractivity contribution in [2.75, 3.05) is 66.5 Å². The van der Waals surface area contributed by atoms with Crippen LogP contribution in [0, 0.1) is 0 Å². The van der Waals surface area contributed by atoms with E-state index >= 15 is 0 Å². The summed E-state index contributed by atoms with van der Waals surface area (Å²) in [4.78, 5) is 4.77. The molecule has 1 saturated heterocycles. The number of rotatable bonds is 0. The third-order valence-corrected chi connectivity index (χ3v) is 2.68. The second-order valence-corrected chi connectivity index (χ2v) is 4.11. The second-order valence-electron chi connectivity index (χ2n) is 4.11. The van der Waals surface area contributed by atoms with Gasteiger partial charge in [0.1, 0.15) is 0 Å². The van der Waals surface area contributed by atoms with Crippen LogP contribution >= 0.6 is 0 Å². The van der Waals surface area contributed by atoms with Gasteiger partial charge in [-0.05, 0) is 14.1 Å². The molecular formula is C10H24N4. The van der Waals surface area contributed by atoms with Crippen molar-refractivity contribution in [1.29, 1.82) is 0 Å². The summed E-state index contributed by atoms with van der Waals surface area (Å²) in [5.74, 6) is 0. The Kier molecular flexibility index (Phi) is 6.10. The molecule has 1 rings (SSSR count). The lowest BCUT2D eigenvalue weighted by molar-refractivity contribution is 0.252. The van der Waals surface area contributed by atoms with Crippen LogP contribution in [-0.2, 0) is 0 Å². The van der Waals surface area contributed by atoms with Crippen molar-refractivity contribution in [3.63, 3.8) is 0 Å². The van der Waals surface area contributed by atoms with Crippen molar-refractivity contribution in [2.45, 2.75) is 0 Å². The van der Waals surface area contributed by atoms with E-state index in [2.05, 4.69) is 34.5 Å².